The molecule has 0 fully saturated rings. The van der Waals surface area contributed by atoms with E-state index in [0.717, 1.165) is 27.0 Å². The number of rotatable bonds is 2. The molecule has 0 radical (unpaired) electrons. The fourth-order valence-electron chi connectivity index (χ4n) is 2.45. The third-order valence-electron chi connectivity index (χ3n) is 3.36. The molecule has 1 aliphatic rings. The summed E-state index contributed by atoms with van der Waals surface area (Å²) in [4.78, 5) is 5.37. The predicted molar refractivity (Wildman–Crippen MR) is 77.9 cm³/mol. The number of aryl methyl sites for hydroxylation is 1. The molecule has 108 valence electrons. The number of hydrogen-bond donors (Lipinski definition) is 1. The molecule has 0 saturated heterocycles. The Morgan fingerprint density at radius 2 is 2.10 bits per heavy atom. The molecule has 0 amide bonds. The van der Waals surface area contributed by atoms with E-state index in [1.807, 2.05) is 25.1 Å². The second kappa shape index (κ2) is 4.71. The van der Waals surface area contributed by atoms with Gasteiger partial charge in [0.05, 0.1) is 18.0 Å². The topological polar surface area (TPSA) is 68.9 Å². The molecule has 0 bridgehead atoms. The fourth-order valence-corrected chi connectivity index (χ4v) is 3.21. The van der Waals surface area contributed by atoms with Gasteiger partial charge in [-0.15, -0.1) is 0 Å². The third-order valence-corrected chi connectivity index (χ3v) is 4.19. The molecule has 0 spiro atoms. The van der Waals surface area contributed by atoms with Crippen LogP contribution in [0, 0.1) is 6.92 Å². The Hall–Kier alpha value is -2.12. The molecular formula is C14H13N3O3S. The molecular weight excluding hydrogens is 290 g/mol. The van der Waals surface area contributed by atoms with Crippen LogP contribution in [0.25, 0.3) is 16.2 Å². The zero-order valence-electron chi connectivity index (χ0n) is 11.4. The van der Waals surface area contributed by atoms with Crippen molar-refractivity contribution in [1.29, 1.82) is 0 Å². The van der Waals surface area contributed by atoms with Crippen LogP contribution in [0.2, 0.25) is 0 Å². The summed E-state index contributed by atoms with van der Waals surface area (Å²) in [6.07, 6.45) is 0. The Morgan fingerprint density at radius 1 is 1.29 bits per heavy atom. The van der Waals surface area contributed by atoms with Gasteiger partial charge in [-0.05, 0) is 25.1 Å². The first-order valence-corrected chi connectivity index (χ1v) is 7.44. The Kier molecular flexibility index (Phi) is 2.83. The van der Waals surface area contributed by atoms with E-state index in [1.165, 1.54) is 11.3 Å². The first-order valence-electron chi connectivity index (χ1n) is 6.62. The maximum absolute atomic E-state index is 9.66. The van der Waals surface area contributed by atoms with Gasteiger partial charge in [0.1, 0.15) is 18.2 Å². The zero-order chi connectivity index (χ0) is 14.4. The van der Waals surface area contributed by atoms with Crippen molar-refractivity contribution in [3.8, 4) is 22.8 Å². The Labute approximate surface area is 124 Å². The molecule has 2 aromatic heterocycles. The molecule has 0 atom stereocenters. The van der Waals surface area contributed by atoms with Crippen molar-refractivity contribution in [3.63, 3.8) is 0 Å². The minimum absolute atomic E-state index is 0.117. The summed E-state index contributed by atoms with van der Waals surface area (Å²) < 4.78 is 12.8. The molecule has 21 heavy (non-hydrogen) atoms. The van der Waals surface area contributed by atoms with Crippen LogP contribution >= 0.6 is 11.3 Å². The summed E-state index contributed by atoms with van der Waals surface area (Å²) in [7, 11) is 0. The van der Waals surface area contributed by atoms with E-state index in [9.17, 15) is 5.11 Å². The second-order valence-electron chi connectivity index (χ2n) is 4.74. The van der Waals surface area contributed by atoms with Crippen molar-refractivity contribution in [3.05, 3.63) is 28.9 Å². The molecule has 7 heteroatoms. The molecule has 1 N–H and O–H groups in total. The van der Waals surface area contributed by atoms with Crippen LogP contribution in [0.15, 0.2) is 18.2 Å². The molecule has 0 saturated carbocycles. The van der Waals surface area contributed by atoms with E-state index in [-0.39, 0.29) is 6.61 Å². The highest BCUT2D eigenvalue weighted by Crippen LogP contribution is 2.36. The van der Waals surface area contributed by atoms with Gasteiger partial charge in [0, 0.05) is 5.56 Å². The molecule has 0 unspecified atom stereocenters. The average Bonchev–Trinajstić information content (AvgIpc) is 3.02. The SMILES string of the molecule is Cc1nn2c(CO)c(-c3ccc4c(c3)OCCO4)nc2s1. The summed E-state index contributed by atoms with van der Waals surface area (Å²) in [6.45, 7) is 2.92. The highest BCUT2D eigenvalue weighted by Gasteiger charge is 2.19. The lowest BCUT2D eigenvalue weighted by molar-refractivity contribution is 0.171. The molecule has 0 aliphatic carbocycles. The first-order chi connectivity index (χ1) is 10.3. The van der Waals surface area contributed by atoms with E-state index in [1.54, 1.807) is 4.52 Å². The van der Waals surface area contributed by atoms with E-state index < -0.39 is 0 Å². The van der Waals surface area contributed by atoms with Gasteiger partial charge in [-0.25, -0.2) is 9.50 Å². The molecule has 1 aliphatic heterocycles. The van der Waals surface area contributed by atoms with E-state index in [4.69, 9.17) is 9.47 Å². The van der Waals surface area contributed by atoms with Crippen LogP contribution < -0.4 is 9.47 Å². The summed E-state index contributed by atoms with van der Waals surface area (Å²) in [5.74, 6) is 1.45. The van der Waals surface area contributed by atoms with Gasteiger partial charge in [0.15, 0.2) is 11.5 Å². The van der Waals surface area contributed by atoms with E-state index >= 15 is 0 Å². The van der Waals surface area contributed by atoms with Crippen molar-refractivity contribution < 1.29 is 14.6 Å². The zero-order valence-corrected chi connectivity index (χ0v) is 12.2. The van der Waals surface area contributed by atoms with Crippen molar-refractivity contribution in [1.82, 2.24) is 14.6 Å². The van der Waals surface area contributed by atoms with Gasteiger partial charge in [-0.2, -0.15) is 5.10 Å². The van der Waals surface area contributed by atoms with Crippen molar-refractivity contribution >= 4 is 16.3 Å². The first kappa shape index (κ1) is 12.6. The van der Waals surface area contributed by atoms with Gasteiger partial charge in [0.2, 0.25) is 4.96 Å². The van der Waals surface area contributed by atoms with Crippen LogP contribution in [0.5, 0.6) is 11.5 Å². The van der Waals surface area contributed by atoms with Crippen LogP contribution in [-0.4, -0.2) is 32.9 Å². The summed E-state index contributed by atoms with van der Waals surface area (Å²) in [5, 5.41) is 15.0. The average molecular weight is 303 g/mol. The number of benzene rings is 1. The number of ether oxygens (including phenoxy) is 2. The van der Waals surface area contributed by atoms with Gasteiger partial charge < -0.3 is 14.6 Å². The maximum Gasteiger partial charge on any atom is 0.213 e. The van der Waals surface area contributed by atoms with Gasteiger partial charge >= 0.3 is 0 Å². The molecule has 3 heterocycles. The van der Waals surface area contributed by atoms with Crippen molar-refractivity contribution in [2.24, 2.45) is 0 Å². The van der Waals surface area contributed by atoms with Gasteiger partial charge in [-0.1, -0.05) is 11.3 Å². The Bertz CT molecular complexity index is 824. The van der Waals surface area contributed by atoms with Crippen LogP contribution in [0.1, 0.15) is 10.7 Å². The standard InChI is InChI=1S/C14H13N3O3S/c1-8-16-17-10(7-18)13(15-14(17)21-8)9-2-3-11-12(6-9)20-5-4-19-11/h2-3,6,18H,4-5,7H2,1H3. The minimum Gasteiger partial charge on any atom is -0.486 e. The molecule has 3 aromatic rings. The number of hydrogen-bond acceptors (Lipinski definition) is 6. The highest BCUT2D eigenvalue weighted by atomic mass is 32.1. The number of fused-ring (bicyclic) bond motifs is 2. The van der Waals surface area contributed by atoms with Crippen molar-refractivity contribution in [2.45, 2.75) is 13.5 Å². The lowest BCUT2D eigenvalue weighted by Gasteiger charge is -2.18. The summed E-state index contributed by atoms with van der Waals surface area (Å²) in [6, 6.07) is 5.69. The smallest absolute Gasteiger partial charge is 0.213 e. The number of aromatic nitrogens is 3. The third kappa shape index (κ3) is 1.97. The lowest BCUT2D eigenvalue weighted by atomic mass is 10.1. The summed E-state index contributed by atoms with van der Waals surface area (Å²) >= 11 is 1.50. The molecule has 4 rings (SSSR count). The van der Waals surface area contributed by atoms with E-state index in [0.29, 0.717) is 24.7 Å². The maximum atomic E-state index is 9.66. The highest BCUT2D eigenvalue weighted by molar-refractivity contribution is 7.16. The number of nitrogens with zero attached hydrogens (tertiary/aromatic N) is 3. The Balaban J connectivity index is 1.87. The summed E-state index contributed by atoms with van der Waals surface area (Å²) in [5.41, 5.74) is 2.30. The Morgan fingerprint density at radius 3 is 2.90 bits per heavy atom. The van der Waals surface area contributed by atoms with Crippen LogP contribution in [0.4, 0.5) is 0 Å². The monoisotopic (exact) mass is 303 g/mol. The molecule has 1 aromatic carbocycles. The largest absolute Gasteiger partial charge is 0.486 e. The predicted octanol–water partition coefficient (Wildman–Crippen LogP) is 2.03. The second-order valence-corrected chi connectivity index (χ2v) is 5.90. The van der Waals surface area contributed by atoms with Crippen molar-refractivity contribution in [2.75, 3.05) is 13.2 Å². The normalized spacial score (nSPS) is 13.8. The minimum atomic E-state index is -0.117. The number of aliphatic hydroxyl groups is 1. The number of aliphatic hydroxyl groups excluding tert-OH is 1. The van der Waals surface area contributed by atoms with Crippen LogP contribution in [0.3, 0.4) is 0 Å². The van der Waals surface area contributed by atoms with Gasteiger partial charge in [0.25, 0.3) is 0 Å². The fraction of sp³-hybridized carbons (Fsp3) is 0.286. The molecule has 6 nitrogen and oxygen atoms in total. The lowest BCUT2D eigenvalue weighted by Crippen LogP contribution is -2.15. The number of imidazole rings is 1. The quantitative estimate of drug-likeness (QED) is 0.784. The van der Waals surface area contributed by atoms with Gasteiger partial charge in [-0.3, -0.25) is 0 Å². The van der Waals surface area contributed by atoms with Crippen LogP contribution in [-0.2, 0) is 6.61 Å². The van der Waals surface area contributed by atoms with E-state index in [2.05, 4.69) is 10.1 Å².